The van der Waals surface area contributed by atoms with E-state index in [9.17, 15) is 4.79 Å². The first-order valence-corrected chi connectivity index (χ1v) is 8.78. The van der Waals surface area contributed by atoms with Gasteiger partial charge < -0.3 is 19.5 Å². The topological polar surface area (TPSA) is 56.8 Å². The first-order chi connectivity index (χ1) is 12.4. The third-order valence-corrected chi connectivity index (χ3v) is 4.10. The Hall–Kier alpha value is -2.40. The fraction of sp³-hybridized carbons (Fsp3) is 0.350. The predicted molar refractivity (Wildman–Crippen MR) is 104 cm³/mol. The van der Waals surface area contributed by atoms with Gasteiger partial charge in [0.2, 0.25) is 0 Å². The molecule has 0 aromatic heterocycles. The van der Waals surface area contributed by atoms with Crippen molar-refractivity contribution in [3.63, 3.8) is 0 Å². The van der Waals surface area contributed by atoms with E-state index in [2.05, 4.69) is 19.2 Å². The molecule has 0 unspecified atom stereocenters. The van der Waals surface area contributed by atoms with Gasteiger partial charge >= 0.3 is 0 Å². The first-order valence-electron chi connectivity index (χ1n) is 8.40. The van der Waals surface area contributed by atoms with E-state index in [0.29, 0.717) is 40.3 Å². The normalized spacial score (nSPS) is 10.5. The van der Waals surface area contributed by atoms with Crippen LogP contribution in [0.2, 0.25) is 5.02 Å². The molecule has 26 heavy (non-hydrogen) atoms. The van der Waals surface area contributed by atoms with Crippen LogP contribution < -0.4 is 19.5 Å². The second-order valence-corrected chi connectivity index (χ2v) is 6.60. The number of hydrogen-bond acceptors (Lipinski definition) is 4. The van der Waals surface area contributed by atoms with E-state index < -0.39 is 0 Å². The molecule has 0 aliphatic heterocycles. The molecular weight excluding hydrogens is 354 g/mol. The van der Waals surface area contributed by atoms with Gasteiger partial charge in [0, 0.05) is 11.6 Å². The molecule has 0 fully saturated rings. The summed E-state index contributed by atoms with van der Waals surface area (Å²) in [6, 6.07) is 10.2. The van der Waals surface area contributed by atoms with Crippen LogP contribution in [0.3, 0.4) is 0 Å². The van der Waals surface area contributed by atoms with Gasteiger partial charge in [0.05, 0.1) is 31.5 Å². The van der Waals surface area contributed by atoms with Crippen LogP contribution in [0.25, 0.3) is 0 Å². The number of benzene rings is 2. The average Bonchev–Trinajstić information content (AvgIpc) is 2.62. The van der Waals surface area contributed by atoms with Crippen LogP contribution >= 0.6 is 11.6 Å². The Morgan fingerprint density at radius 2 is 1.73 bits per heavy atom. The number of halogens is 1. The molecule has 0 aliphatic rings. The standard InChI is InChI=1S/C20H24ClNO4/c1-13(2)9-10-26-15-7-5-14(6-8-15)20(23)22-17-11-16(21)18(24-3)12-19(17)25-4/h5-8,11-13H,9-10H2,1-4H3,(H,22,23). The Morgan fingerprint density at radius 1 is 1.08 bits per heavy atom. The lowest BCUT2D eigenvalue weighted by Crippen LogP contribution is -2.12. The Labute approximate surface area is 159 Å². The largest absolute Gasteiger partial charge is 0.495 e. The molecule has 6 heteroatoms. The predicted octanol–water partition coefficient (Wildman–Crippen LogP) is 5.03. The Morgan fingerprint density at radius 3 is 2.31 bits per heavy atom. The summed E-state index contributed by atoms with van der Waals surface area (Å²) in [5.41, 5.74) is 0.982. The molecule has 1 N–H and O–H groups in total. The minimum Gasteiger partial charge on any atom is -0.495 e. The molecule has 0 spiro atoms. The van der Waals surface area contributed by atoms with Crippen molar-refractivity contribution in [2.45, 2.75) is 20.3 Å². The summed E-state index contributed by atoms with van der Waals surface area (Å²) in [6.45, 7) is 4.96. The van der Waals surface area contributed by atoms with E-state index in [1.54, 1.807) is 36.4 Å². The molecule has 0 bridgehead atoms. The van der Waals surface area contributed by atoms with E-state index in [4.69, 9.17) is 25.8 Å². The number of rotatable bonds is 8. The number of hydrogen-bond donors (Lipinski definition) is 1. The summed E-state index contributed by atoms with van der Waals surface area (Å²) in [6.07, 6.45) is 0.986. The molecular formula is C20H24ClNO4. The van der Waals surface area contributed by atoms with Gasteiger partial charge in [-0.1, -0.05) is 25.4 Å². The summed E-state index contributed by atoms with van der Waals surface area (Å²) >= 11 is 6.13. The fourth-order valence-electron chi connectivity index (χ4n) is 2.27. The van der Waals surface area contributed by atoms with Gasteiger partial charge in [-0.05, 0) is 42.7 Å². The highest BCUT2D eigenvalue weighted by Gasteiger charge is 2.14. The van der Waals surface area contributed by atoms with E-state index in [0.717, 1.165) is 12.2 Å². The van der Waals surface area contributed by atoms with E-state index in [1.165, 1.54) is 14.2 Å². The summed E-state index contributed by atoms with van der Waals surface area (Å²) < 4.78 is 16.1. The number of methoxy groups -OCH3 is 2. The molecule has 0 heterocycles. The van der Waals surface area contributed by atoms with Crippen molar-refractivity contribution in [1.82, 2.24) is 0 Å². The number of amides is 1. The lowest BCUT2D eigenvalue weighted by Gasteiger charge is -2.13. The second kappa shape index (κ2) is 9.34. The van der Waals surface area contributed by atoms with Crippen molar-refractivity contribution < 1.29 is 19.0 Å². The van der Waals surface area contributed by atoms with Crippen molar-refractivity contribution in [2.24, 2.45) is 5.92 Å². The molecule has 0 saturated carbocycles. The average molecular weight is 378 g/mol. The van der Waals surface area contributed by atoms with Crippen LogP contribution in [-0.4, -0.2) is 26.7 Å². The van der Waals surface area contributed by atoms with Crippen molar-refractivity contribution in [3.05, 3.63) is 47.0 Å². The SMILES string of the molecule is COc1cc(OC)c(NC(=O)c2ccc(OCCC(C)C)cc2)cc1Cl. The van der Waals surface area contributed by atoms with Gasteiger partial charge in [0.15, 0.2) is 0 Å². The highest BCUT2D eigenvalue weighted by molar-refractivity contribution is 6.32. The molecule has 140 valence electrons. The quantitative estimate of drug-likeness (QED) is 0.700. The molecule has 0 atom stereocenters. The number of carbonyl (C=O) groups is 1. The number of nitrogens with one attached hydrogen (secondary N) is 1. The minimum atomic E-state index is -0.265. The monoisotopic (exact) mass is 377 g/mol. The number of carbonyl (C=O) groups excluding carboxylic acids is 1. The molecule has 2 aromatic carbocycles. The smallest absolute Gasteiger partial charge is 0.255 e. The summed E-state index contributed by atoms with van der Waals surface area (Å²) in [5, 5.41) is 3.19. The first kappa shape index (κ1) is 19.9. The molecule has 5 nitrogen and oxygen atoms in total. The second-order valence-electron chi connectivity index (χ2n) is 6.20. The lowest BCUT2D eigenvalue weighted by molar-refractivity contribution is 0.102. The molecule has 1 amide bonds. The number of ether oxygens (including phenoxy) is 3. The molecule has 2 rings (SSSR count). The van der Waals surface area contributed by atoms with Crippen LogP contribution in [0.1, 0.15) is 30.6 Å². The zero-order valence-electron chi connectivity index (χ0n) is 15.5. The van der Waals surface area contributed by atoms with Gasteiger partial charge in [0.25, 0.3) is 5.91 Å². The van der Waals surface area contributed by atoms with Gasteiger partial charge in [-0.2, -0.15) is 0 Å². The van der Waals surface area contributed by atoms with Gasteiger partial charge in [0.1, 0.15) is 17.2 Å². The van der Waals surface area contributed by atoms with Crippen LogP contribution in [0.4, 0.5) is 5.69 Å². The van der Waals surface area contributed by atoms with Crippen LogP contribution in [-0.2, 0) is 0 Å². The van der Waals surface area contributed by atoms with Crippen molar-refractivity contribution >= 4 is 23.2 Å². The molecule has 0 radical (unpaired) electrons. The van der Waals surface area contributed by atoms with Crippen molar-refractivity contribution in [3.8, 4) is 17.2 Å². The van der Waals surface area contributed by atoms with Crippen molar-refractivity contribution in [1.29, 1.82) is 0 Å². The number of anilines is 1. The maximum Gasteiger partial charge on any atom is 0.255 e. The third kappa shape index (κ3) is 5.30. The minimum absolute atomic E-state index is 0.265. The van der Waals surface area contributed by atoms with E-state index in [1.807, 2.05) is 0 Å². The maximum absolute atomic E-state index is 12.5. The van der Waals surface area contributed by atoms with Crippen LogP contribution in [0.15, 0.2) is 36.4 Å². The van der Waals surface area contributed by atoms with Gasteiger partial charge in [-0.3, -0.25) is 4.79 Å². The lowest BCUT2D eigenvalue weighted by atomic mass is 10.1. The van der Waals surface area contributed by atoms with Gasteiger partial charge in [-0.15, -0.1) is 0 Å². The van der Waals surface area contributed by atoms with E-state index in [-0.39, 0.29) is 5.91 Å². The zero-order chi connectivity index (χ0) is 19.1. The summed E-state index contributed by atoms with van der Waals surface area (Å²) in [5.74, 6) is 2.01. The van der Waals surface area contributed by atoms with Crippen LogP contribution in [0.5, 0.6) is 17.2 Å². The van der Waals surface area contributed by atoms with Crippen molar-refractivity contribution in [2.75, 3.05) is 26.1 Å². The Kier molecular flexibility index (Phi) is 7.16. The highest BCUT2D eigenvalue weighted by Crippen LogP contribution is 2.36. The summed E-state index contributed by atoms with van der Waals surface area (Å²) in [7, 11) is 3.03. The van der Waals surface area contributed by atoms with Gasteiger partial charge in [-0.25, -0.2) is 0 Å². The van der Waals surface area contributed by atoms with E-state index >= 15 is 0 Å². The fourth-order valence-corrected chi connectivity index (χ4v) is 2.51. The maximum atomic E-state index is 12.5. The Balaban J connectivity index is 2.07. The zero-order valence-corrected chi connectivity index (χ0v) is 16.2. The van der Waals surface area contributed by atoms with Crippen LogP contribution in [0, 0.1) is 5.92 Å². The molecule has 2 aromatic rings. The summed E-state index contributed by atoms with van der Waals surface area (Å²) in [4.78, 5) is 12.5. The molecule has 0 saturated heterocycles. The molecule has 0 aliphatic carbocycles. The highest BCUT2D eigenvalue weighted by atomic mass is 35.5. The Bertz CT molecular complexity index is 744. The third-order valence-electron chi connectivity index (χ3n) is 3.80.